The zero-order valence-corrected chi connectivity index (χ0v) is 21.3. The van der Waals surface area contributed by atoms with Crippen LogP contribution in [0.25, 0.3) is 21.8 Å². The van der Waals surface area contributed by atoms with Gasteiger partial charge in [0.25, 0.3) is 0 Å². The molecule has 3 aromatic carbocycles. The first-order chi connectivity index (χ1) is 18.0. The van der Waals surface area contributed by atoms with E-state index in [0.717, 1.165) is 45.2 Å². The molecule has 1 saturated carbocycles. The molecular weight excluding hydrogens is 464 g/mol. The maximum atomic E-state index is 13.5. The lowest BCUT2D eigenvalue weighted by Gasteiger charge is -2.23. The molecule has 1 aromatic heterocycles. The third-order valence-electron chi connectivity index (χ3n) is 7.75. The van der Waals surface area contributed by atoms with Gasteiger partial charge in [-0.3, -0.25) is 4.79 Å². The molecule has 1 aliphatic heterocycles. The number of benzene rings is 3. The normalized spacial score (nSPS) is 16.8. The Morgan fingerprint density at radius 1 is 1.03 bits per heavy atom. The molecule has 6 rings (SSSR count). The Morgan fingerprint density at radius 2 is 1.81 bits per heavy atom. The number of carbonyl (C=O) groups is 2. The number of aromatic nitrogens is 1. The van der Waals surface area contributed by atoms with Crippen molar-refractivity contribution in [1.29, 1.82) is 0 Å². The second kappa shape index (κ2) is 9.51. The Balaban J connectivity index is 1.53. The van der Waals surface area contributed by atoms with Gasteiger partial charge in [-0.05, 0) is 61.6 Å². The van der Waals surface area contributed by atoms with Gasteiger partial charge in [0.1, 0.15) is 18.1 Å². The molecule has 0 unspecified atom stereocenters. The standard InChI is InChI=1S/C31H30N2O4/c1-19-8-6-7-11-23(19)30(35)22-12-14-27-25(16-22)29-28(33(27)17-21-9-4-3-5-10-21)15-13-24-26(18-36-31(24)29)32-37-20(2)34/h6-8,11-16,21H,3-5,9-10,17-18H2,1-2H3/b32-26+. The minimum absolute atomic E-state index is 0.0128. The summed E-state index contributed by atoms with van der Waals surface area (Å²) in [6.45, 7) is 4.47. The van der Waals surface area contributed by atoms with Gasteiger partial charge in [0.05, 0.1) is 10.9 Å². The molecule has 2 aliphatic rings. The summed E-state index contributed by atoms with van der Waals surface area (Å²) in [6.07, 6.45) is 6.37. The van der Waals surface area contributed by atoms with Crippen LogP contribution >= 0.6 is 0 Å². The van der Waals surface area contributed by atoms with E-state index >= 15 is 0 Å². The maximum Gasteiger partial charge on any atom is 0.331 e. The smallest absolute Gasteiger partial charge is 0.331 e. The first-order valence-electron chi connectivity index (χ1n) is 13.1. The van der Waals surface area contributed by atoms with Crippen molar-refractivity contribution < 1.29 is 19.2 Å². The second-order valence-electron chi connectivity index (χ2n) is 10.2. The van der Waals surface area contributed by atoms with Gasteiger partial charge in [0.2, 0.25) is 0 Å². The highest BCUT2D eigenvalue weighted by atomic mass is 16.7. The van der Waals surface area contributed by atoms with Gasteiger partial charge in [-0.25, -0.2) is 4.79 Å². The molecule has 6 nitrogen and oxygen atoms in total. The maximum absolute atomic E-state index is 13.5. The average molecular weight is 495 g/mol. The van der Waals surface area contributed by atoms with Crippen molar-refractivity contribution in [2.24, 2.45) is 11.1 Å². The number of fused-ring (bicyclic) bond motifs is 5. The Kier molecular flexibility index (Phi) is 6.03. The summed E-state index contributed by atoms with van der Waals surface area (Å²) in [7, 11) is 0. The molecule has 2 heterocycles. The highest BCUT2D eigenvalue weighted by molar-refractivity contribution is 6.20. The van der Waals surface area contributed by atoms with Crippen molar-refractivity contribution in [3.05, 3.63) is 76.9 Å². The fourth-order valence-corrected chi connectivity index (χ4v) is 5.90. The molecule has 1 aliphatic carbocycles. The molecule has 0 bridgehead atoms. The van der Waals surface area contributed by atoms with E-state index in [0.29, 0.717) is 22.8 Å². The van der Waals surface area contributed by atoms with Crippen LogP contribution in [-0.4, -0.2) is 28.6 Å². The number of ketones is 1. The van der Waals surface area contributed by atoms with Crippen LogP contribution in [-0.2, 0) is 16.2 Å². The summed E-state index contributed by atoms with van der Waals surface area (Å²) >= 11 is 0. The fourth-order valence-electron chi connectivity index (χ4n) is 5.90. The third kappa shape index (κ3) is 4.20. The Bertz CT molecular complexity index is 1570. The van der Waals surface area contributed by atoms with E-state index in [1.165, 1.54) is 39.0 Å². The molecule has 188 valence electrons. The number of hydrogen-bond donors (Lipinski definition) is 0. The molecule has 0 amide bonds. The number of ether oxygens (including phenoxy) is 1. The van der Waals surface area contributed by atoms with Gasteiger partial charge < -0.3 is 14.1 Å². The van der Waals surface area contributed by atoms with E-state index in [1.807, 2.05) is 49.4 Å². The van der Waals surface area contributed by atoms with E-state index in [-0.39, 0.29) is 12.4 Å². The minimum atomic E-state index is -0.467. The molecular formula is C31H30N2O4. The fraction of sp³-hybridized carbons (Fsp3) is 0.323. The quantitative estimate of drug-likeness (QED) is 0.179. The first kappa shape index (κ1) is 23.5. The Labute approximate surface area is 215 Å². The van der Waals surface area contributed by atoms with Gasteiger partial charge in [-0.1, -0.05) is 48.7 Å². The predicted molar refractivity (Wildman–Crippen MR) is 144 cm³/mol. The summed E-state index contributed by atoms with van der Waals surface area (Å²) in [4.78, 5) is 29.7. The molecule has 0 spiro atoms. The van der Waals surface area contributed by atoms with Gasteiger partial charge in [0.15, 0.2) is 5.78 Å². The van der Waals surface area contributed by atoms with Gasteiger partial charge in [-0.15, -0.1) is 0 Å². The van der Waals surface area contributed by atoms with Crippen molar-refractivity contribution >= 4 is 39.3 Å². The van der Waals surface area contributed by atoms with E-state index in [9.17, 15) is 9.59 Å². The number of carbonyl (C=O) groups excluding carboxylic acids is 2. The molecule has 0 N–H and O–H groups in total. The molecule has 6 heteroatoms. The van der Waals surface area contributed by atoms with Crippen LogP contribution in [0.15, 0.2) is 59.8 Å². The van der Waals surface area contributed by atoms with E-state index in [2.05, 4.69) is 21.9 Å². The summed E-state index contributed by atoms with van der Waals surface area (Å²) in [6, 6.07) is 17.8. The van der Waals surface area contributed by atoms with E-state index in [4.69, 9.17) is 9.57 Å². The number of oxime groups is 1. The molecule has 37 heavy (non-hydrogen) atoms. The first-order valence-corrected chi connectivity index (χ1v) is 13.1. The highest BCUT2D eigenvalue weighted by Gasteiger charge is 2.28. The summed E-state index contributed by atoms with van der Waals surface area (Å²) < 4.78 is 8.55. The van der Waals surface area contributed by atoms with Crippen molar-refractivity contribution in [2.45, 2.75) is 52.5 Å². The second-order valence-corrected chi connectivity index (χ2v) is 10.2. The SMILES string of the molecule is CC(=O)O/N=C1\COc2c1ccc1c2c2cc(C(=O)c3ccccc3C)ccc2n1CC1CCCCC1. The Hall–Kier alpha value is -3.93. The highest BCUT2D eigenvalue weighted by Crippen LogP contribution is 2.42. The number of hydrogen-bond acceptors (Lipinski definition) is 5. The van der Waals surface area contributed by atoms with Crippen molar-refractivity contribution in [1.82, 2.24) is 4.57 Å². The molecule has 1 fully saturated rings. The lowest BCUT2D eigenvalue weighted by Crippen LogP contribution is -2.14. The van der Waals surface area contributed by atoms with Crippen molar-refractivity contribution in [3.8, 4) is 5.75 Å². The van der Waals surface area contributed by atoms with Crippen molar-refractivity contribution in [3.63, 3.8) is 0 Å². The summed E-state index contributed by atoms with van der Waals surface area (Å²) in [5.74, 6) is 0.914. The molecule has 0 radical (unpaired) electrons. The van der Waals surface area contributed by atoms with Crippen LogP contribution in [0.1, 0.15) is 66.1 Å². The van der Waals surface area contributed by atoms with Crippen molar-refractivity contribution in [2.75, 3.05) is 6.61 Å². The van der Waals surface area contributed by atoms with Gasteiger partial charge >= 0.3 is 5.97 Å². The van der Waals surface area contributed by atoms with E-state index < -0.39 is 5.97 Å². The van der Waals surface area contributed by atoms with Gasteiger partial charge in [-0.2, -0.15) is 0 Å². The van der Waals surface area contributed by atoms with Gasteiger partial charge in [0, 0.05) is 41.1 Å². The predicted octanol–water partition coefficient (Wildman–Crippen LogP) is 6.57. The van der Waals surface area contributed by atoms with E-state index in [1.54, 1.807) is 0 Å². The summed E-state index contributed by atoms with van der Waals surface area (Å²) in [5, 5.41) is 6.01. The number of aryl methyl sites for hydroxylation is 1. The minimum Gasteiger partial charge on any atom is -0.486 e. The van der Waals surface area contributed by atoms with Crippen LogP contribution in [0.3, 0.4) is 0 Å². The number of rotatable bonds is 5. The Morgan fingerprint density at radius 3 is 2.59 bits per heavy atom. The van der Waals surface area contributed by atoms with Crippen LogP contribution in [0, 0.1) is 12.8 Å². The van der Waals surface area contributed by atoms with Crippen LogP contribution in [0.5, 0.6) is 5.75 Å². The average Bonchev–Trinajstić information content (AvgIpc) is 3.46. The zero-order chi connectivity index (χ0) is 25.5. The number of nitrogens with zero attached hydrogens (tertiary/aromatic N) is 2. The molecule has 0 atom stereocenters. The lowest BCUT2D eigenvalue weighted by atomic mass is 9.89. The third-order valence-corrected chi connectivity index (χ3v) is 7.75. The van der Waals surface area contributed by atoms with Crippen LogP contribution in [0.2, 0.25) is 0 Å². The van der Waals surface area contributed by atoms with Crippen LogP contribution < -0.4 is 4.74 Å². The largest absolute Gasteiger partial charge is 0.486 e. The molecule has 0 saturated heterocycles. The summed E-state index contributed by atoms with van der Waals surface area (Å²) in [5.41, 5.74) is 5.93. The zero-order valence-electron chi connectivity index (χ0n) is 21.3. The molecule has 4 aromatic rings. The lowest BCUT2D eigenvalue weighted by molar-refractivity contribution is -0.140. The topological polar surface area (TPSA) is 69.9 Å². The van der Waals surface area contributed by atoms with Crippen LogP contribution in [0.4, 0.5) is 0 Å². The monoisotopic (exact) mass is 494 g/mol.